The molecule has 0 aromatic rings. The second-order valence-corrected chi connectivity index (χ2v) is 11.9. The molecule has 0 spiro atoms. The Kier molecular flexibility index (Phi) is 6.32. The highest BCUT2D eigenvalue weighted by Gasteiger charge is 2.40. The lowest BCUT2D eigenvalue weighted by Crippen LogP contribution is -2.36. The van der Waals surface area contributed by atoms with E-state index in [1.165, 1.54) is 17.2 Å². The van der Waals surface area contributed by atoms with Gasteiger partial charge in [0.05, 0.1) is 16.8 Å². The van der Waals surface area contributed by atoms with Crippen LogP contribution in [0, 0.1) is 17.8 Å². The minimum absolute atomic E-state index is 0.0607. The first kappa shape index (κ1) is 20.6. The number of fused-ring (bicyclic) bond motifs is 1. The zero-order valence-corrected chi connectivity index (χ0v) is 18.1. The quantitative estimate of drug-likeness (QED) is 0.638. The molecule has 28 heavy (non-hydrogen) atoms. The summed E-state index contributed by atoms with van der Waals surface area (Å²) in [7, 11) is -3.30. The van der Waals surface area contributed by atoms with Gasteiger partial charge in [-0.25, -0.2) is 19.3 Å². The average molecular weight is 426 g/mol. The van der Waals surface area contributed by atoms with E-state index < -0.39 is 9.84 Å². The molecule has 0 aromatic carbocycles. The number of sulfone groups is 1. The van der Waals surface area contributed by atoms with Crippen molar-refractivity contribution in [1.29, 1.82) is 0 Å². The fraction of sp³-hybridized carbons (Fsp3) is 0.750. The summed E-state index contributed by atoms with van der Waals surface area (Å²) in [5.41, 5.74) is 6.87. The van der Waals surface area contributed by atoms with Gasteiger partial charge < -0.3 is 0 Å². The van der Waals surface area contributed by atoms with E-state index in [1.54, 1.807) is 0 Å². The maximum atomic E-state index is 13.1. The molecule has 0 amide bonds. The van der Waals surface area contributed by atoms with E-state index in [0.29, 0.717) is 17.5 Å². The van der Waals surface area contributed by atoms with Crippen LogP contribution in [0.2, 0.25) is 0 Å². The molecule has 3 aliphatic carbocycles. The van der Waals surface area contributed by atoms with E-state index in [2.05, 4.69) is 23.1 Å². The van der Waals surface area contributed by atoms with Crippen LogP contribution >= 0.6 is 11.8 Å². The molecule has 1 saturated heterocycles. The molecular weight excluding hydrogens is 394 g/mol. The van der Waals surface area contributed by atoms with Crippen molar-refractivity contribution in [3.63, 3.8) is 0 Å². The highest BCUT2D eigenvalue weighted by molar-refractivity contribution is 8.04. The molecule has 1 heterocycles. The number of carbonyl (C=O) groups is 1. The fourth-order valence-corrected chi connectivity index (χ4v) is 7.73. The fourth-order valence-electron chi connectivity index (χ4n) is 4.95. The van der Waals surface area contributed by atoms with Crippen LogP contribution in [0.15, 0.2) is 22.0 Å². The first-order valence-electron chi connectivity index (χ1n) is 10.5. The molecule has 3 unspecified atom stereocenters. The summed E-state index contributed by atoms with van der Waals surface area (Å²) in [6.45, 7) is 2.84. The highest BCUT2D eigenvalue weighted by atomic mass is 32.2. The van der Waals surface area contributed by atoms with Gasteiger partial charge in [0, 0.05) is 11.3 Å². The van der Waals surface area contributed by atoms with Gasteiger partial charge in [0.2, 0.25) is 0 Å². The molecule has 3 atom stereocenters. The molecule has 3 N–H and O–H groups in total. The predicted octanol–water partition coefficient (Wildman–Crippen LogP) is 2.81. The van der Waals surface area contributed by atoms with Crippen LogP contribution in [0.1, 0.15) is 58.3 Å². The average Bonchev–Trinajstić information content (AvgIpc) is 3.19. The summed E-state index contributed by atoms with van der Waals surface area (Å²) < 4.78 is 26.3. The first-order chi connectivity index (χ1) is 13.4. The molecule has 0 aromatic heterocycles. The smallest absolute Gasteiger partial charge is 0.174 e. The Morgan fingerprint density at radius 3 is 2.46 bits per heavy atom. The number of allylic oxidation sites excluding steroid dienone is 3. The summed E-state index contributed by atoms with van der Waals surface area (Å²) in [5.74, 6) is 0.803. The van der Waals surface area contributed by atoms with Crippen LogP contribution in [-0.4, -0.2) is 31.6 Å². The Balaban J connectivity index is 1.62. The topological polar surface area (TPSA) is 87.3 Å². The molecule has 156 valence electrons. The number of carbonyl (C=O) groups excluding carboxylic acids is 1. The number of ketones is 1. The number of hydrogen-bond donors (Lipinski definition) is 3. The summed E-state index contributed by atoms with van der Waals surface area (Å²) in [4.78, 5) is 13.7. The molecule has 3 fully saturated rings. The minimum Gasteiger partial charge on any atom is -0.293 e. The third-order valence-electron chi connectivity index (χ3n) is 6.65. The lowest BCUT2D eigenvalue weighted by molar-refractivity contribution is -0.121. The normalized spacial score (nSPS) is 38.3. The van der Waals surface area contributed by atoms with Crippen LogP contribution in [-0.2, 0) is 14.6 Å². The van der Waals surface area contributed by atoms with Crippen molar-refractivity contribution in [3.05, 3.63) is 22.0 Å². The molecular formula is C20H31N3O3S2. The van der Waals surface area contributed by atoms with Crippen molar-refractivity contribution in [1.82, 2.24) is 16.2 Å². The molecule has 4 rings (SSSR count). The van der Waals surface area contributed by atoms with Gasteiger partial charge in [-0.15, -0.1) is 0 Å². The van der Waals surface area contributed by atoms with E-state index >= 15 is 0 Å². The summed E-state index contributed by atoms with van der Waals surface area (Å²) >= 11 is 1.45. The zero-order chi connectivity index (χ0) is 19.7. The van der Waals surface area contributed by atoms with E-state index in [9.17, 15) is 13.2 Å². The Morgan fingerprint density at radius 2 is 1.79 bits per heavy atom. The van der Waals surface area contributed by atoms with Crippen LogP contribution in [0.4, 0.5) is 0 Å². The summed E-state index contributed by atoms with van der Waals surface area (Å²) in [6.07, 6.45) is 9.25. The number of Topliss-reactive ketones (excluding diaryl/α,β-unsaturated/α-hetero) is 1. The minimum atomic E-state index is -3.30. The second kappa shape index (κ2) is 8.60. The van der Waals surface area contributed by atoms with Gasteiger partial charge in [0.25, 0.3) is 0 Å². The van der Waals surface area contributed by atoms with E-state index in [-0.39, 0.29) is 28.4 Å². The standard InChI is InChI=1S/C20H31N3O3S2/c1-13-6-8-15(9-7-13)28(25,26)11-14-10-18(27-20-21-12-22-23-20)19(24)17-5-3-2-4-16(14)17/h10-11,13,15-17,20-23H,2-9,12H2,1H3/b14-11+. The van der Waals surface area contributed by atoms with Crippen molar-refractivity contribution in [2.45, 2.75) is 69.0 Å². The number of rotatable bonds is 4. The molecule has 2 saturated carbocycles. The Hall–Kier alpha value is -0.670. The van der Waals surface area contributed by atoms with Gasteiger partial charge in [-0.1, -0.05) is 31.5 Å². The largest absolute Gasteiger partial charge is 0.293 e. The maximum absolute atomic E-state index is 13.1. The van der Waals surface area contributed by atoms with Crippen molar-refractivity contribution in [2.24, 2.45) is 17.8 Å². The molecule has 8 heteroatoms. The first-order valence-corrected chi connectivity index (χ1v) is 13.0. The Morgan fingerprint density at radius 1 is 1.07 bits per heavy atom. The van der Waals surface area contributed by atoms with Gasteiger partial charge in [-0.3, -0.25) is 10.1 Å². The van der Waals surface area contributed by atoms with Crippen molar-refractivity contribution < 1.29 is 13.2 Å². The Bertz CT molecular complexity index is 764. The third-order valence-corrected chi connectivity index (χ3v) is 9.75. The van der Waals surface area contributed by atoms with Crippen molar-refractivity contribution in [3.8, 4) is 0 Å². The van der Waals surface area contributed by atoms with Crippen LogP contribution < -0.4 is 16.2 Å². The number of hydrazine groups is 1. The zero-order valence-electron chi connectivity index (χ0n) is 16.4. The SMILES string of the molecule is CC1CCC(S(=O)(=O)/C=C2\C=C(SC3NCNN3)C(=O)C3CCCCC23)CC1. The maximum Gasteiger partial charge on any atom is 0.174 e. The predicted molar refractivity (Wildman–Crippen MR) is 113 cm³/mol. The molecule has 0 bridgehead atoms. The monoisotopic (exact) mass is 425 g/mol. The lowest BCUT2D eigenvalue weighted by atomic mass is 9.71. The lowest BCUT2D eigenvalue weighted by Gasteiger charge is -2.36. The molecule has 6 nitrogen and oxygen atoms in total. The van der Waals surface area contributed by atoms with E-state index in [4.69, 9.17) is 0 Å². The van der Waals surface area contributed by atoms with Gasteiger partial charge >= 0.3 is 0 Å². The van der Waals surface area contributed by atoms with Gasteiger partial charge in [-0.05, 0) is 62.0 Å². The van der Waals surface area contributed by atoms with Crippen molar-refractivity contribution in [2.75, 3.05) is 6.67 Å². The van der Waals surface area contributed by atoms with Gasteiger partial charge in [0.15, 0.2) is 15.6 Å². The summed E-state index contributed by atoms with van der Waals surface area (Å²) in [5, 5.41) is 4.50. The van der Waals surface area contributed by atoms with Crippen molar-refractivity contribution >= 4 is 27.4 Å². The number of nitrogens with one attached hydrogen (secondary N) is 3. The van der Waals surface area contributed by atoms with E-state index in [1.807, 2.05) is 6.08 Å². The Labute approximate surface area is 172 Å². The van der Waals surface area contributed by atoms with Crippen LogP contribution in [0.3, 0.4) is 0 Å². The van der Waals surface area contributed by atoms with Gasteiger partial charge in [-0.2, -0.15) is 0 Å². The van der Waals surface area contributed by atoms with E-state index in [0.717, 1.165) is 56.9 Å². The van der Waals surface area contributed by atoms with Gasteiger partial charge in [0.1, 0.15) is 5.50 Å². The third kappa shape index (κ3) is 4.41. The summed E-state index contributed by atoms with van der Waals surface area (Å²) in [6, 6.07) is 0. The number of thioether (sulfide) groups is 1. The molecule has 1 aliphatic heterocycles. The molecule has 4 aliphatic rings. The highest BCUT2D eigenvalue weighted by Crippen LogP contribution is 2.44. The van der Waals surface area contributed by atoms with Crippen LogP contribution in [0.25, 0.3) is 0 Å². The second-order valence-electron chi connectivity index (χ2n) is 8.66. The van der Waals surface area contributed by atoms with Crippen LogP contribution in [0.5, 0.6) is 0 Å². The molecule has 0 radical (unpaired) electrons. The number of hydrogen-bond acceptors (Lipinski definition) is 7.